The van der Waals surface area contributed by atoms with Crippen LogP contribution < -0.4 is 20.7 Å². The lowest BCUT2D eigenvalue weighted by atomic mass is 9.76. The number of amides is 2. The summed E-state index contributed by atoms with van der Waals surface area (Å²) in [6.45, 7) is 4.74. The number of halogens is 3. The summed E-state index contributed by atoms with van der Waals surface area (Å²) in [4.78, 5) is 38.8. The smallest absolute Gasteiger partial charge is 0.416 e. The van der Waals surface area contributed by atoms with Gasteiger partial charge in [-0.25, -0.2) is 9.97 Å². The van der Waals surface area contributed by atoms with E-state index in [1.54, 1.807) is 0 Å². The molecule has 0 unspecified atom stereocenters. The molecule has 2 heterocycles. The number of alkyl halides is 3. The normalized spacial score (nSPS) is 32.2. The molecule has 8 rings (SSSR count). The van der Waals surface area contributed by atoms with Gasteiger partial charge in [0, 0.05) is 36.4 Å². The van der Waals surface area contributed by atoms with Gasteiger partial charge in [-0.15, -0.1) is 0 Å². The highest BCUT2D eigenvalue weighted by atomic mass is 19.4. The number of carbonyl (C=O) groups is 2. The van der Waals surface area contributed by atoms with Gasteiger partial charge in [0.05, 0.1) is 31.8 Å². The van der Waals surface area contributed by atoms with Crippen LogP contribution in [0, 0.1) is 30.6 Å². The van der Waals surface area contributed by atoms with Crippen LogP contribution in [0.2, 0.25) is 0 Å². The standard InChI is InChI=1S/C32H39F3N6O4/c1-17-3-6-21(12-22(17)32(33,34)35)38-28(42)24-18-4-5-19(11-18)26(24)39-29(43)25-27(36-16-37-30(25)44-2)40-31-13-20(14-31)23(15-31)41-7-9-45-10-8-41/h3,6,12,16,18-20,23-24,26H,4-5,7-11,13-15H2,1-2H3,(H,38,42)(H,39,43)(H,36,37,40)/t18-,19+,20?,23-,24+,26-,31?/m1/s1. The molecular formula is C32H39F3N6O4. The molecule has 0 spiro atoms. The topological polar surface area (TPSA) is 118 Å². The van der Waals surface area contributed by atoms with Gasteiger partial charge in [0.2, 0.25) is 11.8 Å². The molecule has 13 heteroatoms. The van der Waals surface area contributed by atoms with Gasteiger partial charge < -0.3 is 25.4 Å². The fraction of sp³-hybridized carbons (Fsp3) is 0.625. The van der Waals surface area contributed by atoms with Crippen molar-refractivity contribution in [3.8, 4) is 5.88 Å². The largest absolute Gasteiger partial charge is 0.480 e. The number of nitrogens with one attached hydrogen (secondary N) is 3. The van der Waals surface area contributed by atoms with E-state index in [9.17, 15) is 22.8 Å². The third kappa shape index (κ3) is 5.51. The average molecular weight is 629 g/mol. The first-order valence-electron chi connectivity index (χ1n) is 15.8. The molecule has 1 saturated heterocycles. The second-order valence-electron chi connectivity index (χ2n) is 13.5. The van der Waals surface area contributed by atoms with Gasteiger partial charge in [-0.05, 0) is 80.9 Å². The maximum atomic E-state index is 14.0. The van der Waals surface area contributed by atoms with Gasteiger partial charge in [0.25, 0.3) is 5.91 Å². The summed E-state index contributed by atoms with van der Waals surface area (Å²) >= 11 is 0. The molecule has 0 radical (unpaired) electrons. The molecule has 1 aliphatic heterocycles. The number of aryl methyl sites for hydroxylation is 1. The van der Waals surface area contributed by atoms with E-state index >= 15 is 0 Å². The summed E-state index contributed by atoms with van der Waals surface area (Å²) in [6, 6.07) is 3.78. The third-order valence-corrected chi connectivity index (χ3v) is 10.9. The van der Waals surface area contributed by atoms with Crippen LogP contribution in [0.1, 0.15) is 60.0 Å². The Hall–Kier alpha value is -3.45. The summed E-state index contributed by atoms with van der Waals surface area (Å²) in [7, 11) is 1.45. The molecule has 10 nitrogen and oxygen atoms in total. The van der Waals surface area contributed by atoms with Crippen molar-refractivity contribution in [1.82, 2.24) is 20.2 Å². The summed E-state index contributed by atoms with van der Waals surface area (Å²) < 4.78 is 51.6. The van der Waals surface area contributed by atoms with Gasteiger partial charge in [0.1, 0.15) is 17.7 Å². The van der Waals surface area contributed by atoms with Gasteiger partial charge in [-0.3, -0.25) is 14.5 Å². The Morgan fingerprint density at radius 3 is 2.56 bits per heavy atom. The van der Waals surface area contributed by atoms with E-state index in [0.717, 1.165) is 70.9 Å². The molecule has 6 fully saturated rings. The number of fused-ring (bicyclic) bond motifs is 3. The second-order valence-corrected chi connectivity index (χ2v) is 13.5. The molecule has 242 valence electrons. The Morgan fingerprint density at radius 1 is 1.07 bits per heavy atom. The molecule has 2 amide bonds. The number of anilines is 2. The van der Waals surface area contributed by atoms with E-state index in [1.165, 1.54) is 32.5 Å². The van der Waals surface area contributed by atoms with E-state index in [4.69, 9.17) is 9.47 Å². The van der Waals surface area contributed by atoms with Gasteiger partial charge in [-0.1, -0.05) is 6.07 Å². The first-order chi connectivity index (χ1) is 21.5. The summed E-state index contributed by atoms with van der Waals surface area (Å²) in [5.74, 6) is -0.154. The number of ether oxygens (including phenoxy) is 2. The highest BCUT2D eigenvalue weighted by molar-refractivity contribution is 6.02. The number of hydrogen-bond donors (Lipinski definition) is 3. The highest BCUT2D eigenvalue weighted by Crippen LogP contribution is 2.56. The minimum absolute atomic E-state index is 0.0285. The quantitative estimate of drug-likeness (QED) is 0.397. The fourth-order valence-electron chi connectivity index (χ4n) is 8.84. The number of morpholine rings is 1. The van der Waals surface area contributed by atoms with Crippen LogP contribution in [0.25, 0.3) is 0 Å². The zero-order valence-electron chi connectivity index (χ0n) is 25.5. The Bertz CT molecular complexity index is 1480. The Balaban J connectivity index is 1.09. The van der Waals surface area contributed by atoms with E-state index in [1.807, 2.05) is 0 Å². The third-order valence-electron chi connectivity index (χ3n) is 10.9. The lowest BCUT2D eigenvalue weighted by Gasteiger charge is -2.40. The van der Waals surface area contributed by atoms with Gasteiger partial charge in [0.15, 0.2) is 0 Å². The fourth-order valence-corrected chi connectivity index (χ4v) is 8.84. The number of aromatic nitrogens is 2. The van der Waals surface area contributed by atoms with Crippen LogP contribution in [0.3, 0.4) is 0 Å². The summed E-state index contributed by atoms with van der Waals surface area (Å²) in [6.07, 6.45) is 2.25. The summed E-state index contributed by atoms with van der Waals surface area (Å²) in [5.41, 5.74) is -0.589. The Morgan fingerprint density at radius 2 is 1.82 bits per heavy atom. The van der Waals surface area contributed by atoms with Crippen molar-refractivity contribution in [2.75, 3.05) is 44.0 Å². The van der Waals surface area contributed by atoms with E-state index in [2.05, 4.69) is 30.8 Å². The molecular weight excluding hydrogens is 589 g/mol. The molecule has 5 atom stereocenters. The molecule has 1 aromatic carbocycles. The van der Waals surface area contributed by atoms with Crippen molar-refractivity contribution in [2.45, 2.75) is 69.2 Å². The van der Waals surface area contributed by atoms with Crippen molar-refractivity contribution < 1.29 is 32.2 Å². The zero-order valence-corrected chi connectivity index (χ0v) is 25.5. The molecule has 3 N–H and O–H groups in total. The highest BCUT2D eigenvalue weighted by Gasteiger charge is 2.58. The van der Waals surface area contributed by atoms with Crippen molar-refractivity contribution in [3.63, 3.8) is 0 Å². The first-order valence-corrected chi connectivity index (χ1v) is 15.8. The van der Waals surface area contributed by atoms with E-state index in [0.29, 0.717) is 17.8 Å². The predicted octanol–water partition coefficient (Wildman–Crippen LogP) is 4.26. The van der Waals surface area contributed by atoms with E-state index < -0.39 is 35.5 Å². The lowest BCUT2D eigenvalue weighted by Crippen LogP contribution is -2.49. The Kier molecular flexibility index (Phi) is 7.66. The van der Waals surface area contributed by atoms with Gasteiger partial charge >= 0.3 is 6.18 Å². The van der Waals surface area contributed by atoms with Crippen LogP contribution in [-0.4, -0.2) is 77.7 Å². The minimum Gasteiger partial charge on any atom is -0.480 e. The van der Waals surface area contributed by atoms with Crippen LogP contribution in [0.4, 0.5) is 24.7 Å². The lowest BCUT2D eigenvalue weighted by molar-refractivity contribution is -0.138. The second kappa shape index (κ2) is 11.4. The molecule has 6 aliphatic rings. The maximum Gasteiger partial charge on any atom is 0.416 e. The number of methoxy groups -OCH3 is 1. The predicted molar refractivity (Wildman–Crippen MR) is 159 cm³/mol. The zero-order chi connectivity index (χ0) is 31.5. The SMILES string of the molecule is COc1ncnc(NC23CC(C2)[C@H](N2CCOCC2)C3)c1C(=O)N[C@@H]1[C@H]2CC[C@H](C2)[C@@H]1C(=O)Nc1ccc(C)c(C(F)(F)F)c1. The molecule has 2 aromatic rings. The van der Waals surface area contributed by atoms with Crippen molar-refractivity contribution >= 4 is 23.3 Å². The Labute approximate surface area is 259 Å². The first kappa shape index (κ1) is 30.2. The number of benzene rings is 1. The molecule has 4 bridgehead atoms. The van der Waals surface area contributed by atoms with Crippen LogP contribution in [-0.2, 0) is 15.7 Å². The molecule has 45 heavy (non-hydrogen) atoms. The van der Waals surface area contributed by atoms with E-state index in [-0.39, 0.29) is 40.1 Å². The van der Waals surface area contributed by atoms with Crippen LogP contribution in [0.15, 0.2) is 24.5 Å². The number of carbonyl (C=O) groups excluding carboxylic acids is 2. The number of rotatable bonds is 8. The number of nitrogens with zero attached hydrogens (tertiary/aromatic N) is 3. The summed E-state index contributed by atoms with van der Waals surface area (Å²) in [5, 5.41) is 9.43. The number of hydrogen-bond acceptors (Lipinski definition) is 8. The molecule has 5 saturated carbocycles. The average Bonchev–Trinajstić information content (AvgIpc) is 3.78. The maximum absolute atomic E-state index is 14.0. The monoisotopic (exact) mass is 628 g/mol. The van der Waals surface area contributed by atoms with Crippen molar-refractivity contribution in [3.05, 3.63) is 41.2 Å². The molecule has 1 aromatic heterocycles. The van der Waals surface area contributed by atoms with Gasteiger partial charge in [-0.2, -0.15) is 13.2 Å². The van der Waals surface area contributed by atoms with Crippen LogP contribution in [0.5, 0.6) is 5.88 Å². The molecule has 5 aliphatic carbocycles. The van der Waals surface area contributed by atoms with Crippen LogP contribution >= 0.6 is 0 Å². The van der Waals surface area contributed by atoms with Crippen molar-refractivity contribution in [2.24, 2.45) is 23.7 Å². The van der Waals surface area contributed by atoms with Crippen molar-refractivity contribution in [1.29, 1.82) is 0 Å². The minimum atomic E-state index is -4.53.